The van der Waals surface area contributed by atoms with Crippen molar-refractivity contribution < 1.29 is 0 Å². The molecular formula is C18H25NS. The van der Waals surface area contributed by atoms with Crippen LogP contribution in [0, 0.1) is 18.3 Å². The zero-order chi connectivity index (χ0) is 14.3. The van der Waals surface area contributed by atoms with Gasteiger partial charge in [-0.2, -0.15) is 0 Å². The van der Waals surface area contributed by atoms with E-state index in [1.165, 1.54) is 39.9 Å². The van der Waals surface area contributed by atoms with Crippen LogP contribution < -0.4 is 5.32 Å². The lowest BCUT2D eigenvalue weighted by Gasteiger charge is -2.23. The third-order valence-electron chi connectivity index (χ3n) is 5.15. The van der Waals surface area contributed by atoms with Crippen molar-refractivity contribution in [1.82, 2.24) is 5.32 Å². The van der Waals surface area contributed by atoms with E-state index in [0.29, 0.717) is 11.5 Å². The van der Waals surface area contributed by atoms with Crippen molar-refractivity contribution in [2.24, 2.45) is 11.3 Å². The van der Waals surface area contributed by atoms with Crippen molar-refractivity contribution in [3.63, 3.8) is 0 Å². The average molecular weight is 287 g/mol. The first-order valence-corrected chi connectivity index (χ1v) is 8.56. The van der Waals surface area contributed by atoms with Crippen LogP contribution in [-0.2, 0) is 0 Å². The number of aryl methyl sites for hydroxylation is 1. The predicted molar refractivity (Wildman–Crippen MR) is 89.5 cm³/mol. The van der Waals surface area contributed by atoms with Crippen molar-refractivity contribution in [1.29, 1.82) is 0 Å². The molecule has 1 aromatic carbocycles. The molecule has 0 aliphatic heterocycles. The van der Waals surface area contributed by atoms with Gasteiger partial charge in [-0.3, -0.25) is 0 Å². The lowest BCUT2D eigenvalue weighted by Crippen LogP contribution is -2.29. The summed E-state index contributed by atoms with van der Waals surface area (Å²) in [5, 5.41) is 5.22. The van der Waals surface area contributed by atoms with E-state index in [2.05, 4.69) is 57.3 Å². The molecule has 1 unspecified atom stereocenters. The van der Waals surface area contributed by atoms with Gasteiger partial charge in [0.1, 0.15) is 0 Å². The van der Waals surface area contributed by atoms with Crippen molar-refractivity contribution in [2.75, 3.05) is 6.54 Å². The lowest BCUT2D eigenvalue weighted by molar-refractivity contribution is 0.326. The van der Waals surface area contributed by atoms with Crippen LogP contribution in [0.3, 0.4) is 0 Å². The van der Waals surface area contributed by atoms with Gasteiger partial charge in [-0.1, -0.05) is 32.0 Å². The minimum atomic E-state index is 0.462. The summed E-state index contributed by atoms with van der Waals surface area (Å²) in [6.45, 7) is 10.5. The van der Waals surface area contributed by atoms with Crippen LogP contribution in [-0.4, -0.2) is 6.54 Å². The van der Waals surface area contributed by atoms with E-state index in [1.807, 2.05) is 11.3 Å². The van der Waals surface area contributed by atoms with E-state index in [4.69, 9.17) is 0 Å². The van der Waals surface area contributed by atoms with E-state index < -0.39 is 0 Å². The Morgan fingerprint density at radius 3 is 2.50 bits per heavy atom. The SMILES string of the molecule is Cc1c(C(C)NCC2(C(C)C)CC2)sc2ccccc12. The molecule has 1 saturated carbocycles. The average Bonchev–Trinajstić information content (AvgIpc) is 3.16. The van der Waals surface area contributed by atoms with Gasteiger partial charge in [0.05, 0.1) is 0 Å². The summed E-state index contributed by atoms with van der Waals surface area (Å²) >= 11 is 1.95. The second-order valence-electron chi connectivity index (χ2n) is 6.71. The zero-order valence-corrected chi connectivity index (χ0v) is 13.8. The molecule has 1 aromatic heterocycles. The monoisotopic (exact) mass is 287 g/mol. The second-order valence-corrected chi connectivity index (χ2v) is 7.79. The van der Waals surface area contributed by atoms with Crippen LogP contribution in [0.5, 0.6) is 0 Å². The highest BCUT2D eigenvalue weighted by atomic mass is 32.1. The minimum absolute atomic E-state index is 0.462. The molecule has 0 spiro atoms. The first-order chi connectivity index (χ1) is 9.53. The Kier molecular flexibility index (Phi) is 3.64. The van der Waals surface area contributed by atoms with E-state index in [1.54, 1.807) is 0 Å². The maximum Gasteiger partial charge on any atom is 0.0389 e. The molecule has 20 heavy (non-hydrogen) atoms. The van der Waals surface area contributed by atoms with E-state index in [-0.39, 0.29) is 0 Å². The number of hydrogen-bond donors (Lipinski definition) is 1. The second kappa shape index (κ2) is 5.16. The predicted octanol–water partition coefficient (Wildman–Crippen LogP) is 5.30. The molecule has 0 amide bonds. The normalized spacial score (nSPS) is 18.6. The smallest absolute Gasteiger partial charge is 0.0389 e. The van der Waals surface area contributed by atoms with Gasteiger partial charge in [0, 0.05) is 22.2 Å². The minimum Gasteiger partial charge on any atom is -0.309 e. The Hall–Kier alpha value is -0.860. The summed E-state index contributed by atoms with van der Waals surface area (Å²) in [6.07, 6.45) is 2.80. The van der Waals surface area contributed by atoms with Crippen LogP contribution in [0.15, 0.2) is 24.3 Å². The van der Waals surface area contributed by atoms with Crippen LogP contribution in [0.4, 0.5) is 0 Å². The van der Waals surface area contributed by atoms with Crippen molar-refractivity contribution in [3.8, 4) is 0 Å². The highest BCUT2D eigenvalue weighted by molar-refractivity contribution is 7.19. The van der Waals surface area contributed by atoms with Crippen LogP contribution >= 0.6 is 11.3 Å². The molecule has 0 saturated heterocycles. The molecule has 1 heterocycles. The zero-order valence-electron chi connectivity index (χ0n) is 13.0. The summed E-state index contributed by atoms with van der Waals surface area (Å²) < 4.78 is 1.42. The molecule has 2 aromatic rings. The molecule has 1 aliphatic carbocycles. The van der Waals surface area contributed by atoms with E-state index >= 15 is 0 Å². The van der Waals surface area contributed by atoms with Gasteiger partial charge >= 0.3 is 0 Å². The summed E-state index contributed by atoms with van der Waals surface area (Å²) in [7, 11) is 0. The fraction of sp³-hybridized carbons (Fsp3) is 0.556. The largest absolute Gasteiger partial charge is 0.309 e. The fourth-order valence-electron chi connectivity index (χ4n) is 3.17. The number of rotatable bonds is 5. The number of benzene rings is 1. The van der Waals surface area contributed by atoms with Gasteiger partial charge in [-0.15, -0.1) is 11.3 Å². The molecular weight excluding hydrogens is 262 g/mol. The standard InChI is InChI=1S/C18H25NS/c1-12(2)18(9-10-18)11-19-14(4)17-13(3)15-7-5-6-8-16(15)20-17/h5-8,12,14,19H,9-11H2,1-4H3. The summed E-state index contributed by atoms with van der Waals surface area (Å²) in [4.78, 5) is 1.51. The number of nitrogens with one attached hydrogen (secondary N) is 1. The molecule has 0 radical (unpaired) electrons. The summed E-state index contributed by atoms with van der Waals surface area (Å²) in [5.74, 6) is 0.797. The number of hydrogen-bond acceptors (Lipinski definition) is 2. The van der Waals surface area contributed by atoms with Gasteiger partial charge in [-0.25, -0.2) is 0 Å². The Morgan fingerprint density at radius 1 is 1.20 bits per heavy atom. The Morgan fingerprint density at radius 2 is 1.90 bits per heavy atom. The number of thiophene rings is 1. The molecule has 1 N–H and O–H groups in total. The van der Waals surface area contributed by atoms with Crippen LogP contribution in [0.2, 0.25) is 0 Å². The summed E-state index contributed by atoms with van der Waals surface area (Å²) in [5.41, 5.74) is 2.04. The Bertz CT molecular complexity index is 607. The molecule has 3 rings (SSSR count). The Balaban J connectivity index is 1.76. The van der Waals surface area contributed by atoms with Crippen molar-refractivity contribution >= 4 is 21.4 Å². The first kappa shape index (κ1) is 14.1. The van der Waals surface area contributed by atoms with Gasteiger partial charge in [0.15, 0.2) is 0 Å². The van der Waals surface area contributed by atoms with E-state index in [0.717, 1.165) is 5.92 Å². The van der Waals surface area contributed by atoms with Gasteiger partial charge in [-0.05, 0) is 55.0 Å². The highest BCUT2D eigenvalue weighted by Gasteiger charge is 2.45. The molecule has 2 heteroatoms. The maximum absolute atomic E-state index is 3.80. The van der Waals surface area contributed by atoms with Gasteiger partial charge < -0.3 is 5.32 Å². The van der Waals surface area contributed by atoms with Gasteiger partial charge in [0.25, 0.3) is 0 Å². The molecule has 1 aliphatic rings. The summed E-state index contributed by atoms with van der Waals surface area (Å²) in [6, 6.07) is 9.22. The third kappa shape index (κ3) is 2.40. The van der Waals surface area contributed by atoms with Gasteiger partial charge in [0.2, 0.25) is 0 Å². The third-order valence-corrected chi connectivity index (χ3v) is 6.61. The van der Waals surface area contributed by atoms with Crippen LogP contribution in [0.25, 0.3) is 10.1 Å². The molecule has 1 nitrogen and oxygen atoms in total. The molecule has 1 atom stereocenters. The lowest BCUT2D eigenvalue weighted by atomic mass is 9.92. The Labute approximate surface area is 126 Å². The molecule has 0 bridgehead atoms. The topological polar surface area (TPSA) is 12.0 Å². The van der Waals surface area contributed by atoms with Crippen molar-refractivity contribution in [3.05, 3.63) is 34.7 Å². The highest BCUT2D eigenvalue weighted by Crippen LogP contribution is 2.51. The first-order valence-electron chi connectivity index (χ1n) is 7.75. The van der Waals surface area contributed by atoms with Crippen molar-refractivity contribution in [2.45, 2.75) is 46.6 Å². The molecule has 108 valence electrons. The number of fused-ring (bicyclic) bond motifs is 1. The van der Waals surface area contributed by atoms with E-state index in [9.17, 15) is 0 Å². The molecule has 1 fully saturated rings. The quantitative estimate of drug-likeness (QED) is 0.787. The fourth-order valence-corrected chi connectivity index (χ4v) is 4.41. The maximum atomic E-state index is 3.80. The van der Waals surface area contributed by atoms with Crippen LogP contribution in [0.1, 0.15) is 50.1 Å².